The molecule has 0 aliphatic rings. The van der Waals surface area contributed by atoms with Crippen LogP contribution in [-0.2, 0) is 0 Å². The fraction of sp³-hybridized carbons (Fsp3) is 0. The molecule has 0 unspecified atom stereocenters. The molecule has 2 aromatic rings. The largest absolute Gasteiger partial charge is 0.367 e. The van der Waals surface area contributed by atoms with E-state index in [-0.39, 0.29) is 17.0 Å². The molecule has 6 heteroatoms. The van der Waals surface area contributed by atoms with E-state index in [1.165, 1.54) is 0 Å². The molecule has 1 aromatic heterocycles. The first-order valence-corrected chi connectivity index (χ1v) is 3.94. The maximum atomic E-state index is 13.3. The summed E-state index contributed by atoms with van der Waals surface area (Å²) in [7, 11) is 0. The highest BCUT2D eigenvalue weighted by atomic mass is 19.2. The predicted molar refractivity (Wildman–Crippen MR) is 46.2 cm³/mol. The third kappa shape index (κ3) is 1.54. The Bertz CT molecular complexity index is 510. The van der Waals surface area contributed by atoms with Crippen molar-refractivity contribution in [2.75, 3.05) is 5.73 Å². The summed E-state index contributed by atoms with van der Waals surface area (Å²) in [4.78, 5) is 0. The number of hydrogen-bond donors (Lipinski definition) is 1. The van der Waals surface area contributed by atoms with E-state index >= 15 is 0 Å². The first kappa shape index (κ1) is 9.57. The Hall–Kier alpha value is -1.98. The summed E-state index contributed by atoms with van der Waals surface area (Å²) in [6.07, 6.45) is 1.09. The van der Waals surface area contributed by atoms with Gasteiger partial charge in [0.25, 0.3) is 0 Å². The Kier molecular flexibility index (Phi) is 2.11. The van der Waals surface area contributed by atoms with Crippen LogP contribution in [0.1, 0.15) is 0 Å². The molecule has 3 nitrogen and oxygen atoms in total. The van der Waals surface area contributed by atoms with Crippen molar-refractivity contribution in [2.45, 2.75) is 0 Å². The lowest BCUT2D eigenvalue weighted by Gasteiger charge is -2.01. The summed E-state index contributed by atoms with van der Waals surface area (Å²) in [6.45, 7) is 0. The Labute approximate surface area is 82.3 Å². The monoisotopic (exact) mass is 214 g/mol. The number of nitrogen functional groups attached to an aromatic ring is 1. The van der Waals surface area contributed by atoms with E-state index < -0.39 is 17.5 Å². The average molecular weight is 214 g/mol. The first-order chi connectivity index (χ1) is 7.09. The normalized spacial score (nSPS) is 10.6. The Morgan fingerprint density at radius 3 is 2.47 bits per heavy atom. The summed E-state index contributed by atoms with van der Waals surface area (Å²) in [6, 6.07) is 1.27. The molecule has 0 fully saturated rings. The first-order valence-electron chi connectivity index (χ1n) is 3.94. The van der Waals surface area contributed by atoms with Crippen LogP contribution in [-0.4, -0.2) is 5.16 Å². The number of anilines is 1. The quantitative estimate of drug-likeness (QED) is 0.741. The van der Waals surface area contributed by atoms with Crippen molar-refractivity contribution in [3.05, 3.63) is 35.8 Å². The zero-order valence-electron chi connectivity index (χ0n) is 7.30. The molecule has 1 aromatic carbocycles. The molecule has 0 bridgehead atoms. The van der Waals surface area contributed by atoms with Crippen LogP contribution >= 0.6 is 0 Å². The maximum absolute atomic E-state index is 13.3. The van der Waals surface area contributed by atoms with Gasteiger partial charge < -0.3 is 10.3 Å². The zero-order chi connectivity index (χ0) is 11.0. The maximum Gasteiger partial charge on any atom is 0.230 e. The second-order valence-corrected chi connectivity index (χ2v) is 2.85. The van der Waals surface area contributed by atoms with E-state index in [1.807, 2.05) is 0 Å². The second kappa shape index (κ2) is 3.30. The molecule has 0 radical (unpaired) electrons. The third-order valence-corrected chi connectivity index (χ3v) is 1.88. The fourth-order valence-corrected chi connectivity index (χ4v) is 1.20. The summed E-state index contributed by atoms with van der Waals surface area (Å²) < 4.78 is 43.4. The molecule has 0 saturated carbocycles. The average Bonchev–Trinajstić information content (AvgIpc) is 2.58. The van der Waals surface area contributed by atoms with Crippen molar-refractivity contribution in [1.29, 1.82) is 0 Å². The molecule has 0 saturated heterocycles. The number of halogens is 3. The van der Waals surface area contributed by atoms with Gasteiger partial charge in [0.15, 0.2) is 11.6 Å². The van der Waals surface area contributed by atoms with Gasteiger partial charge in [-0.1, -0.05) is 5.16 Å². The third-order valence-electron chi connectivity index (χ3n) is 1.88. The van der Waals surface area contributed by atoms with Gasteiger partial charge in [-0.25, -0.2) is 13.2 Å². The number of aromatic nitrogens is 1. The summed E-state index contributed by atoms with van der Waals surface area (Å²) in [5.41, 5.74) is 5.01. The molecule has 78 valence electrons. The molecule has 15 heavy (non-hydrogen) atoms. The van der Waals surface area contributed by atoms with Gasteiger partial charge in [0.2, 0.25) is 5.88 Å². The molecule has 0 atom stereocenters. The molecule has 0 aliphatic heterocycles. The van der Waals surface area contributed by atoms with Crippen LogP contribution in [0.4, 0.5) is 19.1 Å². The Balaban J connectivity index is 2.68. The lowest BCUT2D eigenvalue weighted by molar-refractivity contribution is 0.436. The van der Waals surface area contributed by atoms with Crippen molar-refractivity contribution in [3.63, 3.8) is 0 Å². The molecular formula is C9H5F3N2O. The SMILES string of the molecule is Nc1oncc1-c1cc(F)cc(F)c1F. The van der Waals surface area contributed by atoms with Gasteiger partial charge in [-0.15, -0.1) is 0 Å². The summed E-state index contributed by atoms with van der Waals surface area (Å²) in [5, 5.41) is 3.29. The van der Waals surface area contributed by atoms with Gasteiger partial charge in [-0.2, -0.15) is 0 Å². The standard InChI is InChI=1S/C9H5F3N2O/c10-4-1-5(8(12)7(11)2-4)6-3-14-15-9(6)13/h1-3H,13H2. The van der Waals surface area contributed by atoms with E-state index in [0.29, 0.717) is 6.07 Å². The van der Waals surface area contributed by atoms with E-state index in [2.05, 4.69) is 9.68 Å². The minimum atomic E-state index is -1.29. The van der Waals surface area contributed by atoms with E-state index in [0.717, 1.165) is 12.3 Å². The minimum Gasteiger partial charge on any atom is -0.367 e. The van der Waals surface area contributed by atoms with Crippen LogP contribution in [0.25, 0.3) is 11.1 Å². The molecule has 1 heterocycles. The van der Waals surface area contributed by atoms with Crippen molar-refractivity contribution >= 4 is 5.88 Å². The van der Waals surface area contributed by atoms with E-state index in [4.69, 9.17) is 5.73 Å². The van der Waals surface area contributed by atoms with Crippen molar-refractivity contribution in [1.82, 2.24) is 5.16 Å². The highest BCUT2D eigenvalue weighted by Gasteiger charge is 2.16. The molecule has 2 rings (SSSR count). The highest BCUT2D eigenvalue weighted by molar-refractivity contribution is 5.72. The lowest BCUT2D eigenvalue weighted by atomic mass is 10.1. The zero-order valence-corrected chi connectivity index (χ0v) is 7.30. The second-order valence-electron chi connectivity index (χ2n) is 2.85. The van der Waals surface area contributed by atoms with Crippen LogP contribution < -0.4 is 5.73 Å². The van der Waals surface area contributed by atoms with Crippen molar-refractivity contribution in [2.24, 2.45) is 0 Å². The van der Waals surface area contributed by atoms with E-state index in [1.54, 1.807) is 0 Å². The highest BCUT2D eigenvalue weighted by Crippen LogP contribution is 2.29. The number of rotatable bonds is 1. The van der Waals surface area contributed by atoms with Crippen LogP contribution in [0.15, 0.2) is 22.9 Å². The van der Waals surface area contributed by atoms with Gasteiger partial charge in [0, 0.05) is 11.6 Å². The van der Waals surface area contributed by atoms with Crippen LogP contribution in [0.2, 0.25) is 0 Å². The fourth-order valence-electron chi connectivity index (χ4n) is 1.20. The Morgan fingerprint density at radius 1 is 1.13 bits per heavy atom. The van der Waals surface area contributed by atoms with Gasteiger partial charge in [0.1, 0.15) is 5.82 Å². The lowest BCUT2D eigenvalue weighted by Crippen LogP contribution is -1.93. The molecule has 2 N–H and O–H groups in total. The van der Waals surface area contributed by atoms with Gasteiger partial charge in [0.05, 0.1) is 11.8 Å². The summed E-state index contributed by atoms with van der Waals surface area (Å²) >= 11 is 0. The van der Waals surface area contributed by atoms with Crippen LogP contribution in [0.3, 0.4) is 0 Å². The van der Waals surface area contributed by atoms with Crippen LogP contribution in [0.5, 0.6) is 0 Å². The van der Waals surface area contributed by atoms with Crippen molar-refractivity contribution in [3.8, 4) is 11.1 Å². The molecule has 0 amide bonds. The predicted octanol–water partition coefficient (Wildman–Crippen LogP) is 2.34. The minimum absolute atomic E-state index is 0.0194. The van der Waals surface area contributed by atoms with Crippen molar-refractivity contribution < 1.29 is 17.7 Å². The summed E-state index contributed by atoms with van der Waals surface area (Å²) in [5.74, 6) is -3.57. The topological polar surface area (TPSA) is 52.0 Å². The number of nitrogens with two attached hydrogens (primary N) is 1. The van der Waals surface area contributed by atoms with Gasteiger partial charge >= 0.3 is 0 Å². The molecular weight excluding hydrogens is 209 g/mol. The van der Waals surface area contributed by atoms with Gasteiger partial charge in [-0.3, -0.25) is 0 Å². The van der Waals surface area contributed by atoms with E-state index in [9.17, 15) is 13.2 Å². The molecule has 0 spiro atoms. The Morgan fingerprint density at radius 2 is 1.87 bits per heavy atom. The molecule has 0 aliphatic carbocycles. The van der Waals surface area contributed by atoms with Crippen LogP contribution in [0, 0.1) is 17.5 Å². The number of hydrogen-bond acceptors (Lipinski definition) is 3. The van der Waals surface area contributed by atoms with Gasteiger partial charge in [-0.05, 0) is 6.07 Å². The number of benzene rings is 1. The smallest absolute Gasteiger partial charge is 0.230 e. The number of nitrogens with zero attached hydrogens (tertiary/aromatic N) is 1.